The van der Waals surface area contributed by atoms with Crippen LogP contribution in [0.25, 0.3) is 0 Å². The summed E-state index contributed by atoms with van der Waals surface area (Å²) in [6.45, 7) is 6.09. The first-order valence-corrected chi connectivity index (χ1v) is 6.83. The molecular formula is C13H26F2N2O. The van der Waals surface area contributed by atoms with Crippen LogP contribution < -0.4 is 5.32 Å². The van der Waals surface area contributed by atoms with Crippen molar-refractivity contribution in [2.45, 2.75) is 32.6 Å². The molecule has 0 aliphatic carbocycles. The smallest absolute Gasteiger partial charge is 0.251 e. The molecule has 0 saturated carbocycles. The Morgan fingerprint density at radius 2 is 2.00 bits per heavy atom. The van der Waals surface area contributed by atoms with Crippen molar-refractivity contribution in [2.75, 3.05) is 46.4 Å². The number of hydrogen-bond donors (Lipinski definition) is 1. The van der Waals surface area contributed by atoms with Gasteiger partial charge in [0, 0.05) is 26.3 Å². The molecule has 0 aromatic carbocycles. The van der Waals surface area contributed by atoms with E-state index in [4.69, 9.17) is 4.74 Å². The SMILES string of the molecule is CCCNCC1(CN(C)CC(F)F)CCOCC1. The van der Waals surface area contributed by atoms with Gasteiger partial charge in [0.2, 0.25) is 0 Å². The van der Waals surface area contributed by atoms with E-state index in [0.717, 1.165) is 52.1 Å². The van der Waals surface area contributed by atoms with Crippen molar-refractivity contribution in [1.82, 2.24) is 10.2 Å². The second kappa shape index (κ2) is 8.02. The molecule has 1 fully saturated rings. The molecule has 0 atom stereocenters. The third-order valence-corrected chi connectivity index (χ3v) is 3.54. The summed E-state index contributed by atoms with van der Waals surface area (Å²) in [5.41, 5.74) is 0.0943. The lowest BCUT2D eigenvalue weighted by molar-refractivity contribution is -0.00882. The van der Waals surface area contributed by atoms with Gasteiger partial charge in [-0.3, -0.25) is 0 Å². The minimum Gasteiger partial charge on any atom is -0.381 e. The zero-order valence-electron chi connectivity index (χ0n) is 11.6. The van der Waals surface area contributed by atoms with E-state index >= 15 is 0 Å². The maximum Gasteiger partial charge on any atom is 0.251 e. The van der Waals surface area contributed by atoms with Crippen LogP contribution in [0.1, 0.15) is 26.2 Å². The number of nitrogens with one attached hydrogen (secondary N) is 1. The lowest BCUT2D eigenvalue weighted by atomic mass is 9.79. The van der Waals surface area contributed by atoms with Gasteiger partial charge in [0.05, 0.1) is 6.54 Å². The molecule has 1 rings (SSSR count). The van der Waals surface area contributed by atoms with Crippen LogP contribution in [-0.2, 0) is 4.74 Å². The van der Waals surface area contributed by atoms with E-state index in [9.17, 15) is 8.78 Å². The lowest BCUT2D eigenvalue weighted by Gasteiger charge is -2.40. The fourth-order valence-corrected chi connectivity index (χ4v) is 2.60. The number of alkyl halides is 2. The van der Waals surface area contributed by atoms with Crippen LogP contribution in [0.5, 0.6) is 0 Å². The first-order chi connectivity index (χ1) is 8.58. The molecule has 1 N–H and O–H groups in total. The van der Waals surface area contributed by atoms with Gasteiger partial charge in [-0.25, -0.2) is 8.78 Å². The summed E-state index contributed by atoms with van der Waals surface area (Å²) in [7, 11) is 1.78. The Morgan fingerprint density at radius 1 is 1.33 bits per heavy atom. The van der Waals surface area contributed by atoms with Gasteiger partial charge in [0.1, 0.15) is 0 Å². The van der Waals surface area contributed by atoms with Gasteiger partial charge in [0.25, 0.3) is 6.43 Å². The van der Waals surface area contributed by atoms with Gasteiger partial charge in [-0.15, -0.1) is 0 Å². The minimum atomic E-state index is -2.25. The molecule has 1 aliphatic heterocycles. The Labute approximate surface area is 109 Å². The van der Waals surface area contributed by atoms with Gasteiger partial charge < -0.3 is 15.0 Å². The van der Waals surface area contributed by atoms with E-state index in [0.29, 0.717) is 0 Å². The Bertz CT molecular complexity index is 221. The maximum atomic E-state index is 12.4. The van der Waals surface area contributed by atoms with Crippen molar-refractivity contribution in [3.05, 3.63) is 0 Å². The molecule has 0 amide bonds. The number of hydrogen-bond acceptors (Lipinski definition) is 3. The molecule has 0 spiro atoms. The van der Waals surface area contributed by atoms with Crippen LogP contribution in [0.15, 0.2) is 0 Å². The summed E-state index contributed by atoms with van der Waals surface area (Å²) in [5.74, 6) is 0. The highest BCUT2D eigenvalue weighted by molar-refractivity contribution is 4.86. The number of rotatable bonds is 8. The van der Waals surface area contributed by atoms with Crippen LogP contribution in [0.4, 0.5) is 8.78 Å². The second-order valence-electron chi connectivity index (χ2n) is 5.38. The normalized spacial score (nSPS) is 19.7. The third kappa shape index (κ3) is 5.59. The first-order valence-electron chi connectivity index (χ1n) is 6.83. The fraction of sp³-hybridized carbons (Fsp3) is 1.00. The highest BCUT2D eigenvalue weighted by atomic mass is 19.3. The van der Waals surface area contributed by atoms with Crippen molar-refractivity contribution in [3.63, 3.8) is 0 Å². The molecule has 0 radical (unpaired) electrons. The van der Waals surface area contributed by atoms with Crippen LogP contribution in [0.2, 0.25) is 0 Å². The van der Waals surface area contributed by atoms with Crippen molar-refractivity contribution in [1.29, 1.82) is 0 Å². The molecular weight excluding hydrogens is 238 g/mol. The van der Waals surface area contributed by atoms with Crippen LogP contribution in [0, 0.1) is 5.41 Å². The molecule has 108 valence electrons. The first kappa shape index (κ1) is 15.8. The zero-order chi connectivity index (χ0) is 13.4. The molecule has 3 nitrogen and oxygen atoms in total. The molecule has 5 heteroatoms. The quantitative estimate of drug-likeness (QED) is 0.678. The highest BCUT2D eigenvalue weighted by Gasteiger charge is 2.33. The number of halogens is 2. The fourth-order valence-electron chi connectivity index (χ4n) is 2.60. The number of nitrogens with zero attached hydrogens (tertiary/aromatic N) is 1. The third-order valence-electron chi connectivity index (χ3n) is 3.54. The maximum absolute atomic E-state index is 12.4. The van der Waals surface area contributed by atoms with Crippen LogP contribution in [0.3, 0.4) is 0 Å². The van der Waals surface area contributed by atoms with E-state index in [1.54, 1.807) is 11.9 Å². The standard InChI is InChI=1S/C13H26F2N2O/c1-3-6-16-10-13(4-7-18-8-5-13)11-17(2)9-12(14)15/h12,16H,3-11H2,1-2H3. The Kier molecular flexibility index (Phi) is 7.04. The summed E-state index contributed by atoms with van der Waals surface area (Å²) in [6.07, 6.45) is 0.754. The molecule has 0 unspecified atom stereocenters. The number of ether oxygens (including phenoxy) is 1. The monoisotopic (exact) mass is 264 g/mol. The summed E-state index contributed by atoms with van der Waals surface area (Å²) in [5, 5.41) is 3.43. The summed E-state index contributed by atoms with van der Waals surface area (Å²) in [4.78, 5) is 1.75. The van der Waals surface area contributed by atoms with Crippen LogP contribution in [-0.4, -0.2) is 57.8 Å². The summed E-state index contributed by atoms with van der Waals surface area (Å²) in [6, 6.07) is 0. The van der Waals surface area contributed by atoms with Gasteiger partial charge >= 0.3 is 0 Å². The predicted octanol–water partition coefficient (Wildman–Crippen LogP) is 1.98. The van der Waals surface area contributed by atoms with Gasteiger partial charge in [-0.05, 0) is 38.3 Å². The lowest BCUT2D eigenvalue weighted by Crippen LogP contribution is -2.47. The molecule has 0 aromatic rings. The van der Waals surface area contributed by atoms with E-state index in [-0.39, 0.29) is 12.0 Å². The molecule has 0 aromatic heterocycles. The van der Waals surface area contributed by atoms with Crippen LogP contribution >= 0.6 is 0 Å². The second-order valence-corrected chi connectivity index (χ2v) is 5.38. The van der Waals surface area contributed by atoms with E-state index in [2.05, 4.69) is 12.2 Å². The van der Waals surface area contributed by atoms with Gasteiger partial charge in [-0.2, -0.15) is 0 Å². The predicted molar refractivity (Wildman–Crippen MR) is 69.1 cm³/mol. The average Bonchev–Trinajstić information content (AvgIpc) is 2.29. The Hall–Kier alpha value is -0.260. The average molecular weight is 264 g/mol. The van der Waals surface area contributed by atoms with Gasteiger partial charge in [0.15, 0.2) is 0 Å². The van der Waals surface area contributed by atoms with Crippen molar-refractivity contribution >= 4 is 0 Å². The van der Waals surface area contributed by atoms with E-state index in [1.807, 2.05) is 0 Å². The Balaban J connectivity index is 2.48. The zero-order valence-corrected chi connectivity index (χ0v) is 11.6. The van der Waals surface area contributed by atoms with Gasteiger partial charge in [-0.1, -0.05) is 6.92 Å². The van der Waals surface area contributed by atoms with Crippen molar-refractivity contribution < 1.29 is 13.5 Å². The minimum absolute atomic E-state index is 0.0943. The molecule has 18 heavy (non-hydrogen) atoms. The van der Waals surface area contributed by atoms with Crippen molar-refractivity contribution in [3.8, 4) is 0 Å². The Morgan fingerprint density at radius 3 is 2.56 bits per heavy atom. The van der Waals surface area contributed by atoms with E-state index in [1.165, 1.54) is 0 Å². The molecule has 1 saturated heterocycles. The largest absolute Gasteiger partial charge is 0.381 e. The van der Waals surface area contributed by atoms with E-state index < -0.39 is 6.43 Å². The topological polar surface area (TPSA) is 24.5 Å². The highest BCUT2D eigenvalue weighted by Crippen LogP contribution is 2.30. The summed E-state index contributed by atoms with van der Waals surface area (Å²) >= 11 is 0. The van der Waals surface area contributed by atoms with Crippen molar-refractivity contribution in [2.24, 2.45) is 5.41 Å². The summed E-state index contributed by atoms with van der Waals surface area (Å²) < 4.78 is 30.2. The molecule has 1 heterocycles. The molecule has 1 aliphatic rings. The molecule has 0 bridgehead atoms.